The summed E-state index contributed by atoms with van der Waals surface area (Å²) in [7, 11) is 0. The molecule has 0 aliphatic carbocycles. The highest BCUT2D eigenvalue weighted by atomic mass is 32.2. The van der Waals surface area contributed by atoms with Crippen molar-refractivity contribution in [3.8, 4) is 0 Å². The number of thioether (sulfide) groups is 1. The van der Waals surface area contributed by atoms with E-state index in [4.69, 9.17) is 4.98 Å². The lowest BCUT2D eigenvalue weighted by atomic mass is 10.1. The first kappa shape index (κ1) is 12.1. The number of hydrogen-bond acceptors (Lipinski definition) is 3. The van der Waals surface area contributed by atoms with Crippen LogP contribution in [-0.2, 0) is 6.67 Å². The zero-order valence-electron chi connectivity index (χ0n) is 10.8. The minimum Gasteiger partial charge on any atom is -0.305 e. The van der Waals surface area contributed by atoms with Gasteiger partial charge in [0.1, 0.15) is 0 Å². The summed E-state index contributed by atoms with van der Waals surface area (Å²) in [5.41, 5.74) is 2.37. The minimum absolute atomic E-state index is 0.983. The molecule has 0 spiro atoms. The van der Waals surface area contributed by atoms with Crippen LogP contribution >= 0.6 is 11.8 Å². The summed E-state index contributed by atoms with van der Waals surface area (Å²) >= 11 is 1.73. The van der Waals surface area contributed by atoms with Crippen molar-refractivity contribution in [2.24, 2.45) is 0 Å². The van der Waals surface area contributed by atoms with Gasteiger partial charge in [-0.25, -0.2) is 4.98 Å². The van der Waals surface area contributed by atoms with Gasteiger partial charge in [-0.15, -0.1) is 0 Å². The van der Waals surface area contributed by atoms with Crippen LogP contribution in [0.4, 0.5) is 0 Å². The molecule has 0 radical (unpaired) electrons. The maximum absolute atomic E-state index is 4.70. The highest BCUT2D eigenvalue weighted by molar-refractivity contribution is 7.98. The third-order valence-corrected chi connectivity index (χ3v) is 4.27. The summed E-state index contributed by atoms with van der Waals surface area (Å²) in [6, 6.07) is 8.43. The van der Waals surface area contributed by atoms with Gasteiger partial charge in [0.05, 0.1) is 17.7 Å². The van der Waals surface area contributed by atoms with Crippen molar-refractivity contribution >= 4 is 22.8 Å². The van der Waals surface area contributed by atoms with E-state index < -0.39 is 0 Å². The van der Waals surface area contributed by atoms with Gasteiger partial charge in [-0.05, 0) is 44.3 Å². The second-order valence-electron chi connectivity index (χ2n) is 4.84. The number of fused-ring (bicyclic) bond motifs is 1. The van der Waals surface area contributed by atoms with E-state index in [1.165, 1.54) is 37.9 Å². The maximum atomic E-state index is 4.70. The molecule has 3 nitrogen and oxygen atoms in total. The van der Waals surface area contributed by atoms with Crippen LogP contribution in [0.3, 0.4) is 0 Å². The Labute approximate surface area is 112 Å². The molecule has 2 aromatic rings. The third kappa shape index (κ3) is 2.27. The Bertz CT molecular complexity index is 529. The van der Waals surface area contributed by atoms with Crippen LogP contribution in [0.25, 0.3) is 11.0 Å². The smallest absolute Gasteiger partial charge is 0.169 e. The van der Waals surface area contributed by atoms with Gasteiger partial charge >= 0.3 is 0 Å². The van der Waals surface area contributed by atoms with E-state index in [1.807, 2.05) is 0 Å². The number of benzene rings is 1. The predicted octanol–water partition coefficient (Wildman–Crippen LogP) is 3.20. The Hall–Kier alpha value is -1.00. The number of para-hydroxylation sites is 2. The Morgan fingerprint density at radius 2 is 1.94 bits per heavy atom. The Morgan fingerprint density at radius 1 is 1.17 bits per heavy atom. The van der Waals surface area contributed by atoms with Gasteiger partial charge < -0.3 is 4.57 Å². The Kier molecular flexibility index (Phi) is 3.57. The summed E-state index contributed by atoms with van der Waals surface area (Å²) < 4.78 is 2.35. The molecule has 0 N–H and O–H groups in total. The van der Waals surface area contributed by atoms with E-state index in [2.05, 4.69) is 40.0 Å². The average Bonchev–Trinajstić information content (AvgIpc) is 2.78. The van der Waals surface area contributed by atoms with Crippen LogP contribution in [0.5, 0.6) is 0 Å². The zero-order valence-corrected chi connectivity index (χ0v) is 11.6. The van der Waals surface area contributed by atoms with Gasteiger partial charge in [-0.2, -0.15) is 0 Å². The van der Waals surface area contributed by atoms with Crippen LogP contribution in [0.15, 0.2) is 29.4 Å². The lowest BCUT2D eigenvalue weighted by Crippen LogP contribution is -2.31. The fourth-order valence-corrected chi connectivity index (χ4v) is 3.21. The van der Waals surface area contributed by atoms with Crippen molar-refractivity contribution < 1.29 is 0 Å². The van der Waals surface area contributed by atoms with E-state index in [-0.39, 0.29) is 0 Å². The number of piperidine rings is 1. The van der Waals surface area contributed by atoms with Gasteiger partial charge in [0.2, 0.25) is 0 Å². The topological polar surface area (TPSA) is 21.1 Å². The van der Waals surface area contributed by atoms with E-state index >= 15 is 0 Å². The highest BCUT2D eigenvalue weighted by Gasteiger charge is 2.15. The lowest BCUT2D eigenvalue weighted by Gasteiger charge is -2.27. The molecule has 1 fully saturated rings. The van der Waals surface area contributed by atoms with E-state index in [0.717, 1.165) is 17.3 Å². The van der Waals surface area contributed by atoms with Crippen molar-refractivity contribution in [1.82, 2.24) is 14.5 Å². The Balaban J connectivity index is 1.93. The normalized spacial score (nSPS) is 17.4. The molecule has 1 aliphatic heterocycles. The van der Waals surface area contributed by atoms with Gasteiger partial charge in [0, 0.05) is 0 Å². The molecule has 1 aromatic heterocycles. The van der Waals surface area contributed by atoms with Gasteiger partial charge in [-0.1, -0.05) is 30.3 Å². The van der Waals surface area contributed by atoms with Crippen molar-refractivity contribution in [3.63, 3.8) is 0 Å². The number of nitrogens with zero attached hydrogens (tertiary/aromatic N) is 3. The summed E-state index contributed by atoms with van der Waals surface area (Å²) in [6.45, 7) is 3.43. The minimum atomic E-state index is 0.983. The van der Waals surface area contributed by atoms with Crippen LogP contribution in [0, 0.1) is 0 Å². The molecule has 0 atom stereocenters. The van der Waals surface area contributed by atoms with E-state index in [0.29, 0.717) is 0 Å². The van der Waals surface area contributed by atoms with Crippen LogP contribution < -0.4 is 0 Å². The van der Waals surface area contributed by atoms with Crippen molar-refractivity contribution in [2.75, 3.05) is 19.3 Å². The van der Waals surface area contributed by atoms with Crippen LogP contribution in [0.2, 0.25) is 0 Å². The molecule has 96 valence electrons. The molecule has 0 amide bonds. The molecule has 4 heteroatoms. The first-order chi connectivity index (χ1) is 8.88. The zero-order chi connectivity index (χ0) is 12.4. The van der Waals surface area contributed by atoms with Crippen molar-refractivity contribution in [1.29, 1.82) is 0 Å². The monoisotopic (exact) mass is 261 g/mol. The molecule has 18 heavy (non-hydrogen) atoms. The van der Waals surface area contributed by atoms with Crippen LogP contribution in [-0.4, -0.2) is 33.8 Å². The fourth-order valence-electron chi connectivity index (χ4n) is 2.65. The molecular formula is C14H19N3S. The highest BCUT2D eigenvalue weighted by Crippen LogP contribution is 2.23. The standard InChI is InChI=1S/C14H19N3S/c1-18-14-15-12-7-3-4-8-13(12)17(14)11-16-9-5-2-6-10-16/h3-4,7-8H,2,5-6,9-11H2,1H3. The molecule has 0 bridgehead atoms. The lowest BCUT2D eigenvalue weighted by molar-refractivity contribution is 0.179. The summed E-state index contributed by atoms with van der Waals surface area (Å²) in [5.74, 6) is 0. The summed E-state index contributed by atoms with van der Waals surface area (Å²) in [6.07, 6.45) is 6.16. The third-order valence-electron chi connectivity index (χ3n) is 3.59. The number of imidazole rings is 1. The molecule has 1 saturated heterocycles. The molecule has 1 aliphatic rings. The number of rotatable bonds is 3. The molecule has 0 unspecified atom stereocenters. The van der Waals surface area contributed by atoms with Gasteiger partial charge in [-0.3, -0.25) is 4.90 Å². The second kappa shape index (κ2) is 5.33. The van der Waals surface area contributed by atoms with Crippen molar-refractivity contribution in [3.05, 3.63) is 24.3 Å². The largest absolute Gasteiger partial charge is 0.305 e. The average molecular weight is 261 g/mol. The number of likely N-dealkylation sites (tertiary alicyclic amines) is 1. The molecule has 2 heterocycles. The first-order valence-electron chi connectivity index (χ1n) is 6.60. The fraction of sp³-hybridized carbons (Fsp3) is 0.500. The van der Waals surface area contributed by atoms with E-state index in [1.54, 1.807) is 11.8 Å². The van der Waals surface area contributed by atoms with Gasteiger partial charge in [0.15, 0.2) is 5.16 Å². The molecule has 0 saturated carbocycles. The molecule has 3 rings (SSSR count). The van der Waals surface area contributed by atoms with Gasteiger partial charge in [0.25, 0.3) is 0 Å². The first-order valence-corrected chi connectivity index (χ1v) is 7.82. The quantitative estimate of drug-likeness (QED) is 0.792. The number of hydrogen-bond donors (Lipinski definition) is 0. The number of aromatic nitrogens is 2. The maximum Gasteiger partial charge on any atom is 0.169 e. The summed E-state index contributed by atoms with van der Waals surface area (Å²) in [5, 5.41) is 1.13. The van der Waals surface area contributed by atoms with E-state index in [9.17, 15) is 0 Å². The molecular weight excluding hydrogens is 242 g/mol. The Morgan fingerprint density at radius 3 is 2.72 bits per heavy atom. The second-order valence-corrected chi connectivity index (χ2v) is 5.61. The summed E-state index contributed by atoms with van der Waals surface area (Å²) in [4.78, 5) is 7.23. The SMILES string of the molecule is CSc1nc2ccccc2n1CN1CCCCC1. The van der Waals surface area contributed by atoms with Crippen molar-refractivity contribution in [2.45, 2.75) is 31.1 Å². The predicted molar refractivity (Wildman–Crippen MR) is 76.9 cm³/mol. The van der Waals surface area contributed by atoms with Crippen LogP contribution in [0.1, 0.15) is 19.3 Å². The molecule has 1 aromatic carbocycles.